The highest BCUT2D eigenvalue weighted by Crippen LogP contribution is 2.18. The van der Waals surface area contributed by atoms with Crippen LogP contribution in [-0.4, -0.2) is 50.8 Å². The molecule has 1 unspecified atom stereocenters. The van der Waals surface area contributed by atoms with E-state index in [1.54, 1.807) is 19.2 Å². The topological polar surface area (TPSA) is 50.8 Å². The van der Waals surface area contributed by atoms with Crippen LogP contribution in [-0.2, 0) is 4.74 Å². The first-order valence-corrected chi connectivity index (χ1v) is 8.56. The average molecular weight is 340 g/mol. The van der Waals surface area contributed by atoms with E-state index >= 15 is 0 Å². The SMILES string of the molecule is COc1cccc(C(=O)NC(CN2CCOCC2)c2ccccc2)c1. The minimum Gasteiger partial charge on any atom is -0.497 e. The summed E-state index contributed by atoms with van der Waals surface area (Å²) in [5.41, 5.74) is 1.70. The molecule has 1 aliphatic heterocycles. The van der Waals surface area contributed by atoms with E-state index in [0.717, 1.165) is 38.4 Å². The van der Waals surface area contributed by atoms with Gasteiger partial charge in [0.15, 0.2) is 0 Å². The van der Waals surface area contributed by atoms with Crippen LogP contribution in [0.25, 0.3) is 0 Å². The minimum absolute atomic E-state index is 0.0713. The Morgan fingerprint density at radius 3 is 2.64 bits per heavy atom. The Bertz CT molecular complexity index is 684. The fourth-order valence-corrected chi connectivity index (χ4v) is 2.97. The predicted molar refractivity (Wildman–Crippen MR) is 96.9 cm³/mol. The lowest BCUT2D eigenvalue weighted by molar-refractivity contribution is 0.0332. The highest BCUT2D eigenvalue weighted by Gasteiger charge is 2.20. The van der Waals surface area contributed by atoms with Crippen molar-refractivity contribution in [3.8, 4) is 5.75 Å². The molecule has 0 spiro atoms. The molecule has 2 aromatic rings. The quantitative estimate of drug-likeness (QED) is 0.878. The van der Waals surface area contributed by atoms with E-state index in [9.17, 15) is 4.79 Å². The molecule has 0 bridgehead atoms. The van der Waals surface area contributed by atoms with Gasteiger partial charge in [-0.15, -0.1) is 0 Å². The standard InChI is InChI=1S/C20H24N2O3/c1-24-18-9-5-8-17(14-18)20(23)21-19(16-6-3-2-4-7-16)15-22-10-12-25-13-11-22/h2-9,14,19H,10-13,15H2,1H3,(H,21,23). The maximum Gasteiger partial charge on any atom is 0.251 e. The van der Waals surface area contributed by atoms with Gasteiger partial charge in [-0.1, -0.05) is 36.4 Å². The van der Waals surface area contributed by atoms with Crippen LogP contribution >= 0.6 is 0 Å². The van der Waals surface area contributed by atoms with Gasteiger partial charge in [-0.3, -0.25) is 9.69 Å². The first kappa shape index (κ1) is 17.5. The highest BCUT2D eigenvalue weighted by molar-refractivity contribution is 5.94. The lowest BCUT2D eigenvalue weighted by Gasteiger charge is -2.31. The van der Waals surface area contributed by atoms with E-state index in [2.05, 4.69) is 22.3 Å². The van der Waals surface area contributed by atoms with Crippen molar-refractivity contribution >= 4 is 5.91 Å². The van der Waals surface area contributed by atoms with Gasteiger partial charge >= 0.3 is 0 Å². The molecule has 1 N–H and O–H groups in total. The summed E-state index contributed by atoms with van der Waals surface area (Å²) >= 11 is 0. The average Bonchev–Trinajstić information content (AvgIpc) is 2.69. The van der Waals surface area contributed by atoms with Gasteiger partial charge in [0.05, 0.1) is 26.4 Å². The van der Waals surface area contributed by atoms with E-state index < -0.39 is 0 Å². The second kappa shape index (κ2) is 8.65. The monoisotopic (exact) mass is 340 g/mol. The lowest BCUT2D eigenvalue weighted by atomic mass is 10.1. The second-order valence-electron chi connectivity index (χ2n) is 6.08. The summed E-state index contributed by atoms with van der Waals surface area (Å²) in [6.45, 7) is 4.02. The number of morpholine rings is 1. The van der Waals surface area contributed by atoms with Crippen LogP contribution in [0.1, 0.15) is 22.0 Å². The molecule has 132 valence electrons. The number of rotatable bonds is 6. The summed E-state index contributed by atoms with van der Waals surface area (Å²) in [5, 5.41) is 3.17. The molecule has 0 radical (unpaired) electrons. The molecule has 0 aliphatic carbocycles. The third kappa shape index (κ3) is 4.81. The van der Waals surface area contributed by atoms with Gasteiger partial charge < -0.3 is 14.8 Å². The smallest absolute Gasteiger partial charge is 0.251 e. The second-order valence-corrected chi connectivity index (χ2v) is 6.08. The molecule has 0 saturated carbocycles. The molecule has 1 aliphatic rings. The summed E-state index contributed by atoms with van der Waals surface area (Å²) in [6.07, 6.45) is 0. The van der Waals surface area contributed by atoms with Crippen LogP contribution in [0.4, 0.5) is 0 Å². The number of nitrogens with one attached hydrogen (secondary N) is 1. The Morgan fingerprint density at radius 2 is 1.92 bits per heavy atom. The lowest BCUT2D eigenvalue weighted by Crippen LogP contribution is -2.43. The van der Waals surface area contributed by atoms with Crippen molar-refractivity contribution in [1.82, 2.24) is 10.2 Å². The van der Waals surface area contributed by atoms with Gasteiger partial charge in [0.25, 0.3) is 5.91 Å². The summed E-state index contributed by atoms with van der Waals surface area (Å²) in [5.74, 6) is 0.582. The van der Waals surface area contributed by atoms with Crippen LogP contribution in [0.15, 0.2) is 54.6 Å². The maximum atomic E-state index is 12.7. The maximum absolute atomic E-state index is 12.7. The molecule has 1 amide bonds. The molecule has 1 fully saturated rings. The van der Waals surface area contributed by atoms with Crippen LogP contribution < -0.4 is 10.1 Å². The number of benzene rings is 2. The molecule has 5 nitrogen and oxygen atoms in total. The number of hydrogen-bond acceptors (Lipinski definition) is 4. The molecule has 5 heteroatoms. The fourth-order valence-electron chi connectivity index (χ4n) is 2.97. The van der Waals surface area contributed by atoms with Gasteiger partial charge in [0, 0.05) is 25.2 Å². The summed E-state index contributed by atoms with van der Waals surface area (Å²) in [4.78, 5) is 15.1. The first-order valence-electron chi connectivity index (χ1n) is 8.56. The van der Waals surface area contributed by atoms with E-state index in [0.29, 0.717) is 11.3 Å². The molecule has 1 atom stereocenters. The molecule has 1 heterocycles. The summed E-state index contributed by atoms with van der Waals surface area (Å²) in [6, 6.07) is 17.2. The summed E-state index contributed by atoms with van der Waals surface area (Å²) in [7, 11) is 1.60. The Morgan fingerprint density at radius 1 is 1.16 bits per heavy atom. The van der Waals surface area contributed by atoms with E-state index in [-0.39, 0.29) is 11.9 Å². The van der Waals surface area contributed by atoms with Crippen molar-refractivity contribution in [2.75, 3.05) is 40.0 Å². The van der Waals surface area contributed by atoms with Crippen molar-refractivity contribution in [3.05, 3.63) is 65.7 Å². The number of methoxy groups -OCH3 is 1. The molecule has 3 rings (SSSR count). The number of nitrogens with zero attached hydrogens (tertiary/aromatic N) is 1. The van der Waals surface area contributed by atoms with Gasteiger partial charge in [-0.2, -0.15) is 0 Å². The fraction of sp³-hybridized carbons (Fsp3) is 0.350. The van der Waals surface area contributed by atoms with Gasteiger partial charge in [0.2, 0.25) is 0 Å². The van der Waals surface area contributed by atoms with Crippen molar-refractivity contribution in [3.63, 3.8) is 0 Å². The van der Waals surface area contributed by atoms with Crippen LogP contribution in [0, 0.1) is 0 Å². The zero-order chi connectivity index (χ0) is 17.5. The molecule has 1 saturated heterocycles. The van der Waals surface area contributed by atoms with Crippen LogP contribution in [0.5, 0.6) is 5.75 Å². The Kier molecular flexibility index (Phi) is 6.04. The van der Waals surface area contributed by atoms with Crippen molar-refractivity contribution in [1.29, 1.82) is 0 Å². The third-order valence-corrected chi connectivity index (χ3v) is 4.38. The number of hydrogen-bond donors (Lipinski definition) is 1. The number of amides is 1. The van der Waals surface area contributed by atoms with E-state index in [1.165, 1.54) is 0 Å². The van der Waals surface area contributed by atoms with Crippen LogP contribution in [0.3, 0.4) is 0 Å². The highest BCUT2D eigenvalue weighted by atomic mass is 16.5. The Hall–Kier alpha value is -2.37. The van der Waals surface area contributed by atoms with Gasteiger partial charge in [-0.05, 0) is 23.8 Å². The Balaban J connectivity index is 1.75. The summed E-state index contributed by atoms with van der Waals surface area (Å²) < 4.78 is 10.6. The molecule has 2 aromatic carbocycles. The van der Waals surface area contributed by atoms with Crippen molar-refractivity contribution in [2.24, 2.45) is 0 Å². The zero-order valence-electron chi connectivity index (χ0n) is 14.5. The van der Waals surface area contributed by atoms with E-state index in [1.807, 2.05) is 30.3 Å². The Labute approximate surface area is 148 Å². The predicted octanol–water partition coefficient (Wildman–Crippen LogP) is 2.50. The number of carbonyl (C=O) groups is 1. The zero-order valence-corrected chi connectivity index (χ0v) is 14.5. The first-order chi connectivity index (χ1) is 12.3. The van der Waals surface area contributed by atoms with Crippen LogP contribution in [0.2, 0.25) is 0 Å². The number of carbonyl (C=O) groups excluding carboxylic acids is 1. The normalized spacial score (nSPS) is 16.2. The molecular weight excluding hydrogens is 316 g/mol. The number of ether oxygens (including phenoxy) is 2. The van der Waals surface area contributed by atoms with E-state index in [4.69, 9.17) is 9.47 Å². The molecule has 0 aromatic heterocycles. The third-order valence-electron chi connectivity index (χ3n) is 4.38. The minimum atomic E-state index is -0.0963. The molecular formula is C20H24N2O3. The molecule has 25 heavy (non-hydrogen) atoms. The van der Waals surface area contributed by atoms with Crippen molar-refractivity contribution < 1.29 is 14.3 Å². The van der Waals surface area contributed by atoms with Gasteiger partial charge in [0.1, 0.15) is 5.75 Å². The van der Waals surface area contributed by atoms with Crippen molar-refractivity contribution in [2.45, 2.75) is 6.04 Å². The largest absolute Gasteiger partial charge is 0.497 e. The van der Waals surface area contributed by atoms with Gasteiger partial charge in [-0.25, -0.2) is 0 Å².